The lowest BCUT2D eigenvalue weighted by atomic mass is 10.1. The first-order valence-electron chi connectivity index (χ1n) is 3.42. The molecule has 1 aliphatic carbocycles. The molecular formula is C6H7F4N. The summed E-state index contributed by atoms with van der Waals surface area (Å²) in [6, 6.07) is 0. The summed E-state index contributed by atoms with van der Waals surface area (Å²) in [6.07, 6.45) is -0.118. The van der Waals surface area contributed by atoms with Crippen molar-refractivity contribution in [1.29, 1.82) is 0 Å². The van der Waals surface area contributed by atoms with Crippen LogP contribution in [0.15, 0.2) is 0 Å². The Balaban J connectivity index is 2.31. The Morgan fingerprint density at radius 2 is 1.55 bits per heavy atom. The van der Waals surface area contributed by atoms with Crippen molar-refractivity contribution >= 4 is 0 Å². The fourth-order valence-corrected chi connectivity index (χ4v) is 1.75. The molecule has 1 saturated heterocycles. The highest BCUT2D eigenvalue weighted by Gasteiger charge is 2.95. The van der Waals surface area contributed by atoms with Crippen LogP contribution in [0.2, 0.25) is 0 Å². The summed E-state index contributed by atoms with van der Waals surface area (Å²) in [5.74, 6) is -7.55. The van der Waals surface area contributed by atoms with Gasteiger partial charge in [0.05, 0.1) is 0 Å². The normalized spacial score (nSPS) is 36.0. The van der Waals surface area contributed by atoms with Crippen LogP contribution in [0.1, 0.15) is 6.42 Å². The van der Waals surface area contributed by atoms with Gasteiger partial charge < -0.3 is 5.32 Å². The molecule has 5 heteroatoms. The Hall–Kier alpha value is -0.320. The smallest absolute Gasteiger partial charge is 0.316 e. The van der Waals surface area contributed by atoms with E-state index < -0.39 is 17.3 Å². The number of halogens is 4. The van der Waals surface area contributed by atoms with Crippen molar-refractivity contribution in [3.8, 4) is 0 Å². The van der Waals surface area contributed by atoms with Crippen LogP contribution in [0.3, 0.4) is 0 Å². The Kier molecular flexibility index (Phi) is 1.03. The number of hydrogen-bond donors (Lipinski definition) is 1. The summed E-state index contributed by atoms with van der Waals surface area (Å²) >= 11 is 0. The van der Waals surface area contributed by atoms with Gasteiger partial charge in [-0.1, -0.05) is 0 Å². The zero-order valence-electron chi connectivity index (χ0n) is 5.63. The summed E-state index contributed by atoms with van der Waals surface area (Å²) in [6.45, 7) is 0.0121. The fourth-order valence-electron chi connectivity index (χ4n) is 1.75. The van der Waals surface area contributed by atoms with E-state index in [4.69, 9.17) is 0 Å². The van der Waals surface area contributed by atoms with E-state index in [1.807, 2.05) is 0 Å². The lowest BCUT2D eigenvalue weighted by molar-refractivity contribution is -0.0278. The highest BCUT2D eigenvalue weighted by Crippen LogP contribution is 2.74. The van der Waals surface area contributed by atoms with E-state index in [1.54, 1.807) is 0 Å². The first-order chi connectivity index (χ1) is 4.96. The van der Waals surface area contributed by atoms with Gasteiger partial charge in [0.25, 0.3) is 0 Å². The molecule has 2 rings (SSSR count). The minimum Gasteiger partial charge on any atom is -0.316 e. The topological polar surface area (TPSA) is 12.0 Å². The second-order valence-corrected chi connectivity index (χ2v) is 3.16. The monoisotopic (exact) mass is 169 g/mol. The third-order valence-electron chi connectivity index (χ3n) is 2.69. The third kappa shape index (κ3) is 0.503. The molecule has 0 bridgehead atoms. The summed E-state index contributed by atoms with van der Waals surface area (Å²) < 4.78 is 49.9. The van der Waals surface area contributed by atoms with E-state index in [0.717, 1.165) is 0 Å². The first kappa shape index (κ1) is 7.34. The van der Waals surface area contributed by atoms with Gasteiger partial charge in [-0.25, -0.2) is 0 Å². The molecule has 0 amide bonds. The molecule has 2 fully saturated rings. The highest BCUT2D eigenvalue weighted by molar-refractivity contribution is 5.28. The van der Waals surface area contributed by atoms with Crippen LogP contribution in [-0.4, -0.2) is 24.9 Å². The zero-order chi connectivity index (χ0) is 8.33. The van der Waals surface area contributed by atoms with Crippen molar-refractivity contribution < 1.29 is 17.6 Å². The molecule has 1 N–H and O–H groups in total. The van der Waals surface area contributed by atoms with E-state index in [-0.39, 0.29) is 19.5 Å². The Labute approximate surface area is 60.8 Å². The number of rotatable bonds is 0. The first-order valence-corrected chi connectivity index (χ1v) is 3.42. The molecule has 0 radical (unpaired) electrons. The molecule has 1 saturated carbocycles. The van der Waals surface area contributed by atoms with Crippen LogP contribution in [0.5, 0.6) is 0 Å². The predicted molar refractivity (Wildman–Crippen MR) is 29.8 cm³/mol. The Morgan fingerprint density at radius 3 is 1.73 bits per heavy atom. The number of hydrogen-bond acceptors (Lipinski definition) is 1. The molecule has 0 unspecified atom stereocenters. The molecule has 1 spiro atoms. The van der Waals surface area contributed by atoms with Crippen LogP contribution in [0.25, 0.3) is 0 Å². The van der Waals surface area contributed by atoms with Gasteiger partial charge in [-0.05, 0) is 13.0 Å². The maximum atomic E-state index is 12.5. The summed E-state index contributed by atoms with van der Waals surface area (Å²) in [4.78, 5) is 0. The molecule has 2 aliphatic rings. The Morgan fingerprint density at radius 1 is 1.00 bits per heavy atom. The van der Waals surface area contributed by atoms with Crippen molar-refractivity contribution in [1.82, 2.24) is 5.32 Å². The summed E-state index contributed by atoms with van der Waals surface area (Å²) in [7, 11) is 0. The molecule has 0 aromatic heterocycles. The molecule has 11 heavy (non-hydrogen) atoms. The maximum Gasteiger partial charge on any atom is 0.323 e. The summed E-state index contributed by atoms with van der Waals surface area (Å²) in [5, 5.41) is 2.53. The van der Waals surface area contributed by atoms with Crippen molar-refractivity contribution in [2.45, 2.75) is 18.3 Å². The predicted octanol–water partition coefficient (Wildman–Crippen LogP) is 1.25. The molecule has 64 valence electrons. The van der Waals surface area contributed by atoms with E-state index in [1.165, 1.54) is 0 Å². The molecule has 0 atom stereocenters. The van der Waals surface area contributed by atoms with Gasteiger partial charge in [-0.2, -0.15) is 17.6 Å². The summed E-state index contributed by atoms with van der Waals surface area (Å²) in [5.41, 5.74) is -2.04. The molecule has 1 aliphatic heterocycles. The second kappa shape index (κ2) is 1.55. The van der Waals surface area contributed by atoms with Crippen molar-refractivity contribution in [3.05, 3.63) is 0 Å². The number of alkyl halides is 4. The molecular weight excluding hydrogens is 162 g/mol. The van der Waals surface area contributed by atoms with Gasteiger partial charge in [0.15, 0.2) is 0 Å². The molecule has 0 aromatic rings. The van der Waals surface area contributed by atoms with Gasteiger partial charge in [0, 0.05) is 6.54 Å². The molecule has 1 nitrogen and oxygen atoms in total. The minimum absolute atomic E-state index is 0.118. The second-order valence-electron chi connectivity index (χ2n) is 3.16. The van der Waals surface area contributed by atoms with E-state index in [2.05, 4.69) is 5.32 Å². The fraction of sp³-hybridized carbons (Fsp3) is 1.00. The van der Waals surface area contributed by atoms with Gasteiger partial charge >= 0.3 is 11.8 Å². The maximum absolute atomic E-state index is 12.5. The minimum atomic E-state index is -3.77. The van der Waals surface area contributed by atoms with E-state index in [9.17, 15) is 17.6 Å². The van der Waals surface area contributed by atoms with Gasteiger partial charge in [-0.3, -0.25) is 0 Å². The van der Waals surface area contributed by atoms with Crippen LogP contribution in [0.4, 0.5) is 17.6 Å². The van der Waals surface area contributed by atoms with Crippen molar-refractivity contribution in [3.63, 3.8) is 0 Å². The van der Waals surface area contributed by atoms with Gasteiger partial charge in [-0.15, -0.1) is 0 Å². The SMILES string of the molecule is FC1(F)C(F)(F)C12CCNC2. The van der Waals surface area contributed by atoms with Crippen LogP contribution in [-0.2, 0) is 0 Å². The van der Waals surface area contributed by atoms with E-state index >= 15 is 0 Å². The van der Waals surface area contributed by atoms with Crippen molar-refractivity contribution in [2.24, 2.45) is 5.41 Å². The third-order valence-corrected chi connectivity index (χ3v) is 2.69. The highest BCUT2D eigenvalue weighted by atomic mass is 19.3. The molecule has 1 heterocycles. The number of nitrogens with one attached hydrogen (secondary N) is 1. The standard InChI is InChI=1S/C6H7F4N/c7-5(8)4(6(5,9)10)1-2-11-3-4/h11H,1-3H2. The lowest BCUT2D eigenvalue weighted by Gasteiger charge is -2.00. The largest absolute Gasteiger partial charge is 0.323 e. The van der Waals surface area contributed by atoms with Crippen molar-refractivity contribution in [2.75, 3.05) is 13.1 Å². The quantitative estimate of drug-likeness (QED) is 0.538. The van der Waals surface area contributed by atoms with Crippen LogP contribution < -0.4 is 5.32 Å². The lowest BCUT2D eigenvalue weighted by Crippen LogP contribution is -2.16. The van der Waals surface area contributed by atoms with Gasteiger partial charge in [0.2, 0.25) is 0 Å². The van der Waals surface area contributed by atoms with Crippen LogP contribution >= 0.6 is 0 Å². The molecule has 0 aromatic carbocycles. The average Bonchev–Trinajstić information content (AvgIpc) is 2.41. The Bertz CT molecular complexity index is 179. The van der Waals surface area contributed by atoms with Gasteiger partial charge in [0.1, 0.15) is 5.41 Å². The zero-order valence-corrected chi connectivity index (χ0v) is 5.63. The van der Waals surface area contributed by atoms with Crippen LogP contribution in [0, 0.1) is 5.41 Å². The van der Waals surface area contributed by atoms with E-state index in [0.29, 0.717) is 0 Å². The average molecular weight is 169 g/mol.